The third-order valence-corrected chi connectivity index (χ3v) is 3.85. The molecule has 0 fully saturated rings. The number of carbonyl (C=O) groups is 1. The van der Waals surface area contributed by atoms with E-state index in [0.29, 0.717) is 25.0 Å². The van der Waals surface area contributed by atoms with Crippen LogP contribution < -0.4 is 5.32 Å². The summed E-state index contributed by atoms with van der Waals surface area (Å²) in [7, 11) is 0. The highest BCUT2D eigenvalue weighted by Crippen LogP contribution is 2.19. The molecule has 0 saturated heterocycles. The number of hydrogen-bond donors (Lipinski definition) is 2. The number of thioether (sulfide) groups is 1. The topological polar surface area (TPSA) is 58.6 Å². The fourth-order valence-electron chi connectivity index (χ4n) is 1.75. The molecule has 0 unspecified atom stereocenters. The first-order valence-electron chi connectivity index (χ1n) is 6.61. The first kappa shape index (κ1) is 16.4. The molecule has 1 rings (SSSR count). The van der Waals surface area contributed by atoms with E-state index in [4.69, 9.17) is 4.74 Å². The zero-order chi connectivity index (χ0) is 14.1. The minimum atomic E-state index is -0.936. The summed E-state index contributed by atoms with van der Waals surface area (Å²) in [6.45, 7) is 4.83. The van der Waals surface area contributed by atoms with Crippen LogP contribution in [0.3, 0.4) is 0 Å². The molecule has 1 aliphatic carbocycles. The first-order chi connectivity index (χ1) is 9.09. The van der Waals surface area contributed by atoms with Gasteiger partial charge in [0.25, 0.3) is 0 Å². The van der Waals surface area contributed by atoms with E-state index in [0.717, 1.165) is 12.2 Å². The minimum Gasteiger partial charge on any atom is -0.356 e. The predicted molar refractivity (Wildman–Crippen MR) is 78.7 cm³/mol. The Hall–Kier alpha value is -0.620. The van der Waals surface area contributed by atoms with Gasteiger partial charge in [-0.3, -0.25) is 10.1 Å². The van der Waals surface area contributed by atoms with Gasteiger partial charge in [0, 0.05) is 25.1 Å². The summed E-state index contributed by atoms with van der Waals surface area (Å²) in [5.74, 6) is 1.52. The number of hydrogen-bond acceptors (Lipinski definition) is 5. The van der Waals surface area contributed by atoms with Gasteiger partial charge in [0.05, 0.1) is 6.61 Å². The van der Waals surface area contributed by atoms with E-state index in [-0.39, 0.29) is 5.12 Å². The molecule has 5 heteroatoms. The first-order valence-corrected chi connectivity index (χ1v) is 7.59. The standard InChI is InChI=1S/C14H23NO3S/c1-11-6-3-4-7-13(11)10-18-14(17)15-8-5-9-19-12(2)16/h3-4,6-7,11,13-15,17H,5,8-10H2,1-2H3/t11-,13-,14-/m0/s1. The summed E-state index contributed by atoms with van der Waals surface area (Å²) in [4.78, 5) is 10.7. The summed E-state index contributed by atoms with van der Waals surface area (Å²) in [5, 5.41) is 12.6. The number of carbonyl (C=O) groups excluding carboxylic acids is 1. The Morgan fingerprint density at radius 1 is 1.47 bits per heavy atom. The van der Waals surface area contributed by atoms with Crippen molar-refractivity contribution in [3.63, 3.8) is 0 Å². The normalized spacial score (nSPS) is 23.5. The number of nitrogens with one attached hydrogen (secondary N) is 1. The lowest BCUT2D eigenvalue weighted by molar-refractivity contribution is -0.128. The zero-order valence-corrected chi connectivity index (χ0v) is 12.4. The molecule has 0 radical (unpaired) electrons. The van der Waals surface area contributed by atoms with E-state index in [1.165, 1.54) is 11.8 Å². The molecule has 4 nitrogen and oxygen atoms in total. The highest BCUT2D eigenvalue weighted by atomic mass is 32.2. The molecule has 19 heavy (non-hydrogen) atoms. The van der Waals surface area contributed by atoms with Crippen molar-refractivity contribution in [3.05, 3.63) is 24.3 Å². The minimum absolute atomic E-state index is 0.128. The van der Waals surface area contributed by atoms with Gasteiger partial charge < -0.3 is 9.84 Å². The summed E-state index contributed by atoms with van der Waals surface area (Å²) in [6, 6.07) is 0. The van der Waals surface area contributed by atoms with Crippen LogP contribution in [0.25, 0.3) is 0 Å². The van der Waals surface area contributed by atoms with Gasteiger partial charge in [0.1, 0.15) is 0 Å². The van der Waals surface area contributed by atoms with Crippen molar-refractivity contribution in [2.75, 3.05) is 18.9 Å². The molecule has 0 amide bonds. The molecule has 0 bridgehead atoms. The van der Waals surface area contributed by atoms with E-state index >= 15 is 0 Å². The number of aliphatic hydroxyl groups excluding tert-OH is 1. The van der Waals surface area contributed by atoms with Gasteiger partial charge in [-0.25, -0.2) is 0 Å². The van der Waals surface area contributed by atoms with Gasteiger partial charge in [-0.1, -0.05) is 43.0 Å². The molecule has 2 N–H and O–H groups in total. The van der Waals surface area contributed by atoms with Gasteiger partial charge in [-0.2, -0.15) is 0 Å². The fraction of sp³-hybridized carbons (Fsp3) is 0.643. The van der Waals surface area contributed by atoms with Gasteiger partial charge in [0.15, 0.2) is 5.12 Å². The molecule has 0 spiro atoms. The van der Waals surface area contributed by atoms with Crippen molar-refractivity contribution < 1.29 is 14.6 Å². The highest BCUT2D eigenvalue weighted by Gasteiger charge is 2.15. The molecule has 3 atom stereocenters. The maximum absolute atomic E-state index is 10.7. The Kier molecular flexibility index (Phi) is 8.05. The van der Waals surface area contributed by atoms with Gasteiger partial charge in [0.2, 0.25) is 6.41 Å². The average Bonchev–Trinajstić information content (AvgIpc) is 2.37. The molecule has 108 valence electrons. The van der Waals surface area contributed by atoms with E-state index in [2.05, 4.69) is 24.4 Å². The van der Waals surface area contributed by atoms with Crippen LogP contribution in [-0.2, 0) is 9.53 Å². The van der Waals surface area contributed by atoms with Crippen molar-refractivity contribution in [2.45, 2.75) is 26.7 Å². The van der Waals surface area contributed by atoms with E-state index in [1.807, 2.05) is 12.2 Å². The van der Waals surface area contributed by atoms with Crippen molar-refractivity contribution in [1.29, 1.82) is 0 Å². The van der Waals surface area contributed by atoms with Crippen molar-refractivity contribution in [2.24, 2.45) is 11.8 Å². The molecule has 0 aliphatic heterocycles. The summed E-state index contributed by atoms with van der Waals surface area (Å²) < 4.78 is 5.37. The van der Waals surface area contributed by atoms with E-state index in [9.17, 15) is 9.90 Å². The number of aliphatic hydroxyl groups is 1. The second-order valence-corrected chi connectivity index (χ2v) is 5.90. The summed E-state index contributed by atoms with van der Waals surface area (Å²) in [5.41, 5.74) is 0. The van der Waals surface area contributed by atoms with Crippen LogP contribution in [-0.4, -0.2) is 35.5 Å². The molecule has 0 saturated carbocycles. The molecular formula is C14H23NO3S. The average molecular weight is 285 g/mol. The van der Waals surface area contributed by atoms with Crippen molar-refractivity contribution in [3.8, 4) is 0 Å². The maximum Gasteiger partial charge on any atom is 0.213 e. The maximum atomic E-state index is 10.7. The zero-order valence-electron chi connectivity index (χ0n) is 11.5. The Morgan fingerprint density at radius 2 is 2.21 bits per heavy atom. The molecule has 0 aromatic carbocycles. The van der Waals surface area contributed by atoms with E-state index in [1.54, 1.807) is 6.92 Å². The monoisotopic (exact) mass is 285 g/mol. The summed E-state index contributed by atoms with van der Waals surface area (Å²) >= 11 is 1.30. The van der Waals surface area contributed by atoms with Crippen LogP contribution in [0.1, 0.15) is 20.3 Å². The Morgan fingerprint density at radius 3 is 2.89 bits per heavy atom. The fourth-order valence-corrected chi connectivity index (χ4v) is 2.32. The molecular weight excluding hydrogens is 262 g/mol. The lowest BCUT2D eigenvalue weighted by Crippen LogP contribution is -2.34. The highest BCUT2D eigenvalue weighted by molar-refractivity contribution is 8.13. The van der Waals surface area contributed by atoms with Crippen LogP contribution in [0.4, 0.5) is 0 Å². The smallest absolute Gasteiger partial charge is 0.213 e. The lowest BCUT2D eigenvalue weighted by atomic mass is 9.91. The van der Waals surface area contributed by atoms with Gasteiger partial charge >= 0.3 is 0 Å². The predicted octanol–water partition coefficient (Wildman–Crippen LogP) is 1.92. The second kappa shape index (κ2) is 9.31. The van der Waals surface area contributed by atoms with Crippen molar-refractivity contribution >= 4 is 16.9 Å². The van der Waals surface area contributed by atoms with E-state index < -0.39 is 6.41 Å². The second-order valence-electron chi connectivity index (χ2n) is 4.63. The van der Waals surface area contributed by atoms with Crippen LogP contribution in [0.15, 0.2) is 24.3 Å². The van der Waals surface area contributed by atoms with Crippen LogP contribution in [0, 0.1) is 11.8 Å². The number of ether oxygens (including phenoxy) is 1. The Labute approximate surface area is 119 Å². The Bertz CT molecular complexity index is 331. The molecule has 0 aromatic rings. The number of rotatable bonds is 8. The number of allylic oxidation sites excluding steroid dienone is 3. The third-order valence-electron chi connectivity index (χ3n) is 2.95. The van der Waals surface area contributed by atoms with Gasteiger partial charge in [-0.15, -0.1) is 0 Å². The molecule has 0 aromatic heterocycles. The van der Waals surface area contributed by atoms with Crippen LogP contribution in [0.5, 0.6) is 0 Å². The van der Waals surface area contributed by atoms with Crippen LogP contribution in [0.2, 0.25) is 0 Å². The SMILES string of the molecule is CC(=O)SCCCN[C@@H](O)OC[C@@H]1C=CC=C[C@@H]1C. The van der Waals surface area contributed by atoms with Crippen LogP contribution >= 0.6 is 11.8 Å². The van der Waals surface area contributed by atoms with Gasteiger partial charge in [-0.05, 0) is 12.3 Å². The third kappa shape index (κ3) is 7.52. The molecule has 0 heterocycles. The lowest BCUT2D eigenvalue weighted by Gasteiger charge is -2.22. The quantitative estimate of drug-likeness (QED) is 0.527. The Balaban J connectivity index is 2.04. The molecule has 1 aliphatic rings. The summed E-state index contributed by atoms with van der Waals surface area (Å²) in [6.07, 6.45) is 8.16. The van der Waals surface area contributed by atoms with Crippen molar-refractivity contribution in [1.82, 2.24) is 5.32 Å². The largest absolute Gasteiger partial charge is 0.356 e.